The largest absolute Gasteiger partial charge is 0.491 e. The predicted molar refractivity (Wildman–Crippen MR) is 116 cm³/mol. The predicted octanol–water partition coefficient (Wildman–Crippen LogP) is 6.19. The average Bonchev–Trinajstić information content (AvgIpc) is 3.40. The molecule has 0 atom stereocenters. The highest BCUT2D eigenvalue weighted by Gasteiger charge is 2.19. The van der Waals surface area contributed by atoms with Crippen molar-refractivity contribution in [2.45, 2.75) is 20.0 Å². The zero-order chi connectivity index (χ0) is 20.9. The fourth-order valence-corrected chi connectivity index (χ4v) is 2.97. The van der Waals surface area contributed by atoms with E-state index in [4.69, 9.17) is 13.6 Å². The van der Waals surface area contributed by atoms with E-state index in [0.29, 0.717) is 33.7 Å². The van der Waals surface area contributed by atoms with Crippen molar-refractivity contribution in [3.05, 3.63) is 96.3 Å². The Kier molecular flexibility index (Phi) is 5.61. The van der Waals surface area contributed by atoms with Gasteiger partial charge in [-0.25, -0.2) is 4.98 Å². The van der Waals surface area contributed by atoms with Gasteiger partial charge in [0.1, 0.15) is 17.0 Å². The molecule has 0 aliphatic heterocycles. The smallest absolute Gasteiger partial charge is 0.231 e. The van der Waals surface area contributed by atoms with Gasteiger partial charge < -0.3 is 13.6 Å². The van der Waals surface area contributed by atoms with Crippen molar-refractivity contribution >= 4 is 28.5 Å². The van der Waals surface area contributed by atoms with E-state index in [1.165, 1.54) is 0 Å². The van der Waals surface area contributed by atoms with Gasteiger partial charge in [0.15, 0.2) is 11.4 Å². The van der Waals surface area contributed by atoms with Gasteiger partial charge in [-0.15, -0.1) is 0 Å². The van der Waals surface area contributed by atoms with Crippen LogP contribution < -0.4 is 4.74 Å². The molecule has 4 rings (SSSR count). The SMILES string of the molecule is CC(C)Oc1ccc(C(=O)C(=CC=Cc2ccco2)c2nc3ccccc3o2)cc1. The van der Waals surface area contributed by atoms with Crippen LogP contribution in [0.5, 0.6) is 5.75 Å². The lowest BCUT2D eigenvalue weighted by Crippen LogP contribution is -2.06. The Bertz CT molecular complexity index is 1160. The molecular formula is C25H21NO4. The van der Waals surface area contributed by atoms with Crippen molar-refractivity contribution in [2.24, 2.45) is 0 Å². The second-order valence-corrected chi connectivity index (χ2v) is 6.96. The minimum absolute atomic E-state index is 0.0634. The Morgan fingerprint density at radius 2 is 1.83 bits per heavy atom. The Hall–Kier alpha value is -3.86. The Morgan fingerprint density at radius 3 is 2.53 bits per heavy atom. The molecule has 0 bridgehead atoms. The zero-order valence-electron chi connectivity index (χ0n) is 16.7. The molecule has 0 amide bonds. The zero-order valence-corrected chi connectivity index (χ0v) is 16.7. The molecule has 2 heterocycles. The number of para-hydroxylation sites is 2. The minimum Gasteiger partial charge on any atom is -0.491 e. The van der Waals surface area contributed by atoms with Gasteiger partial charge >= 0.3 is 0 Å². The first-order valence-corrected chi connectivity index (χ1v) is 9.69. The van der Waals surface area contributed by atoms with Crippen LogP contribution in [0.4, 0.5) is 0 Å². The topological polar surface area (TPSA) is 65.5 Å². The van der Waals surface area contributed by atoms with E-state index >= 15 is 0 Å². The van der Waals surface area contributed by atoms with Crippen LogP contribution in [0.15, 0.2) is 87.9 Å². The van der Waals surface area contributed by atoms with Gasteiger partial charge in [-0.2, -0.15) is 0 Å². The molecule has 150 valence electrons. The Labute approximate surface area is 174 Å². The fourth-order valence-electron chi connectivity index (χ4n) is 2.97. The molecule has 5 heteroatoms. The van der Waals surface area contributed by atoms with Gasteiger partial charge in [0, 0.05) is 5.56 Å². The number of aromatic nitrogens is 1. The number of carbonyl (C=O) groups excluding carboxylic acids is 1. The number of hydrogen-bond donors (Lipinski definition) is 0. The van der Waals surface area contributed by atoms with Gasteiger partial charge in [0.2, 0.25) is 5.89 Å². The number of Topliss-reactive ketones (excluding diaryl/α,β-unsaturated/α-hetero) is 1. The lowest BCUT2D eigenvalue weighted by atomic mass is 10.0. The third-order valence-corrected chi connectivity index (χ3v) is 4.32. The third-order valence-electron chi connectivity index (χ3n) is 4.32. The summed E-state index contributed by atoms with van der Waals surface area (Å²) in [6.07, 6.45) is 6.87. The summed E-state index contributed by atoms with van der Waals surface area (Å²) in [5, 5.41) is 0. The summed E-state index contributed by atoms with van der Waals surface area (Å²) in [4.78, 5) is 17.8. The average molecular weight is 399 g/mol. The van der Waals surface area contributed by atoms with Gasteiger partial charge in [0.05, 0.1) is 17.9 Å². The first kappa shape index (κ1) is 19.5. The Balaban J connectivity index is 1.69. The van der Waals surface area contributed by atoms with Crippen LogP contribution in [0.2, 0.25) is 0 Å². The van der Waals surface area contributed by atoms with E-state index in [-0.39, 0.29) is 17.8 Å². The maximum Gasteiger partial charge on any atom is 0.231 e. The van der Waals surface area contributed by atoms with Crippen molar-refractivity contribution in [1.82, 2.24) is 4.98 Å². The number of oxazole rings is 1. The number of furan rings is 1. The number of carbonyl (C=O) groups is 1. The van der Waals surface area contributed by atoms with Gasteiger partial charge in [-0.3, -0.25) is 4.79 Å². The number of ether oxygens (including phenoxy) is 1. The van der Waals surface area contributed by atoms with E-state index in [9.17, 15) is 4.79 Å². The molecule has 2 aromatic heterocycles. The quantitative estimate of drug-likeness (QED) is 0.211. The highest BCUT2D eigenvalue weighted by atomic mass is 16.5. The number of fused-ring (bicyclic) bond motifs is 1. The van der Waals surface area contributed by atoms with Crippen LogP contribution in [0, 0.1) is 0 Å². The molecule has 0 aliphatic carbocycles. The molecule has 0 N–H and O–H groups in total. The maximum atomic E-state index is 13.3. The van der Waals surface area contributed by atoms with E-state index in [1.807, 2.05) is 44.2 Å². The van der Waals surface area contributed by atoms with Gasteiger partial charge in [-0.05, 0) is 74.5 Å². The van der Waals surface area contributed by atoms with Gasteiger partial charge in [0.25, 0.3) is 0 Å². The molecule has 0 saturated heterocycles. The number of benzene rings is 2. The molecule has 4 aromatic rings. The monoisotopic (exact) mass is 399 g/mol. The molecule has 5 nitrogen and oxygen atoms in total. The number of rotatable bonds is 7. The second-order valence-electron chi connectivity index (χ2n) is 6.96. The number of hydrogen-bond acceptors (Lipinski definition) is 5. The lowest BCUT2D eigenvalue weighted by Gasteiger charge is -2.10. The minimum atomic E-state index is -0.193. The maximum absolute atomic E-state index is 13.3. The summed E-state index contributed by atoms with van der Waals surface area (Å²) >= 11 is 0. The number of ketones is 1. The molecular weight excluding hydrogens is 378 g/mol. The van der Waals surface area contributed by atoms with Crippen molar-refractivity contribution < 1.29 is 18.4 Å². The normalized spacial score (nSPS) is 12.2. The first-order chi connectivity index (χ1) is 14.6. The van der Waals surface area contributed by atoms with Crippen LogP contribution in [0.25, 0.3) is 22.7 Å². The lowest BCUT2D eigenvalue weighted by molar-refractivity contribution is 0.105. The van der Waals surface area contributed by atoms with E-state index in [2.05, 4.69) is 4.98 Å². The molecule has 0 radical (unpaired) electrons. The van der Waals surface area contributed by atoms with E-state index in [0.717, 1.165) is 0 Å². The second kappa shape index (κ2) is 8.66. The van der Waals surface area contributed by atoms with Crippen LogP contribution in [-0.2, 0) is 0 Å². The molecule has 30 heavy (non-hydrogen) atoms. The van der Waals surface area contributed by atoms with Crippen molar-refractivity contribution in [2.75, 3.05) is 0 Å². The molecule has 0 unspecified atom stereocenters. The molecule has 0 saturated carbocycles. The molecule has 0 fully saturated rings. The summed E-state index contributed by atoms with van der Waals surface area (Å²) in [6, 6.07) is 18.1. The van der Waals surface area contributed by atoms with Crippen LogP contribution in [-0.4, -0.2) is 16.9 Å². The summed E-state index contributed by atoms with van der Waals surface area (Å²) in [6.45, 7) is 3.91. The summed E-state index contributed by atoms with van der Waals surface area (Å²) in [5.41, 5.74) is 2.20. The highest BCUT2D eigenvalue weighted by Crippen LogP contribution is 2.25. The summed E-state index contributed by atoms with van der Waals surface area (Å²) < 4.78 is 16.8. The standard InChI is InChI=1S/C25H21NO4/c1-17(2)29-20-14-12-18(13-15-20)24(27)21(9-5-7-19-8-6-16-28-19)25-26-22-10-3-4-11-23(22)30-25/h3-17H,1-2H3. The van der Waals surface area contributed by atoms with Crippen LogP contribution in [0.3, 0.4) is 0 Å². The third kappa shape index (κ3) is 4.41. The molecule has 0 aliphatic rings. The van der Waals surface area contributed by atoms with Crippen molar-refractivity contribution in [1.29, 1.82) is 0 Å². The highest BCUT2D eigenvalue weighted by molar-refractivity contribution is 6.28. The molecule has 2 aromatic carbocycles. The van der Waals surface area contributed by atoms with Crippen molar-refractivity contribution in [3.63, 3.8) is 0 Å². The fraction of sp³-hybridized carbons (Fsp3) is 0.120. The summed E-state index contributed by atoms with van der Waals surface area (Å²) in [7, 11) is 0. The summed E-state index contributed by atoms with van der Waals surface area (Å²) in [5.74, 6) is 1.48. The van der Waals surface area contributed by atoms with Gasteiger partial charge in [-0.1, -0.05) is 18.2 Å². The number of nitrogens with zero attached hydrogens (tertiary/aromatic N) is 1. The van der Waals surface area contributed by atoms with Crippen LogP contribution in [0.1, 0.15) is 35.9 Å². The van der Waals surface area contributed by atoms with Crippen molar-refractivity contribution in [3.8, 4) is 5.75 Å². The molecule has 0 spiro atoms. The van der Waals surface area contributed by atoms with E-state index < -0.39 is 0 Å². The van der Waals surface area contributed by atoms with E-state index in [1.54, 1.807) is 54.8 Å². The van der Waals surface area contributed by atoms with Crippen LogP contribution >= 0.6 is 0 Å². The Morgan fingerprint density at radius 1 is 1.03 bits per heavy atom. The number of allylic oxidation sites excluding steroid dienone is 3. The first-order valence-electron chi connectivity index (χ1n) is 9.69.